The lowest BCUT2D eigenvalue weighted by molar-refractivity contribution is -0.146. The monoisotopic (exact) mass is 534 g/mol. The first-order chi connectivity index (χ1) is 17.3. The molecule has 0 radical (unpaired) electrons. The number of nitrogens with zero attached hydrogens (tertiary/aromatic N) is 3. The van der Waals surface area contributed by atoms with Crippen LogP contribution in [0.1, 0.15) is 31.1 Å². The van der Waals surface area contributed by atoms with Crippen LogP contribution in [0.25, 0.3) is 0 Å². The number of benzene rings is 1. The molecule has 1 aliphatic heterocycles. The number of nitrogens with one attached hydrogen (secondary N) is 1. The average molecular weight is 535 g/mol. The van der Waals surface area contributed by atoms with Crippen LogP contribution in [0.4, 0.5) is 4.79 Å². The standard InChI is InChI=1S/C26H35ClN4O4S/c1-19(9-6-7-13-29(2)3)25(33)31-15-14-30(26(34)35-23-12-5-4-11-21(23)27)18-22(31)24(32)28-17-20-10-8-16-36-20/h4-5,8,10-12,16,19,22H,6-7,9,13-15,17-18H2,1-3H3,(H,28,32)/t19-,22+/m1/s1. The summed E-state index contributed by atoms with van der Waals surface area (Å²) in [5, 5.41) is 5.21. The van der Waals surface area contributed by atoms with Crippen LogP contribution in [0.2, 0.25) is 5.02 Å². The van der Waals surface area contributed by atoms with E-state index in [-0.39, 0.29) is 43.1 Å². The van der Waals surface area contributed by atoms with Gasteiger partial charge in [0.2, 0.25) is 11.8 Å². The second-order valence-electron chi connectivity index (χ2n) is 9.29. The molecule has 8 nitrogen and oxygen atoms in total. The van der Waals surface area contributed by atoms with Crippen LogP contribution in [0.3, 0.4) is 0 Å². The molecule has 2 atom stereocenters. The predicted octanol–water partition coefficient (Wildman–Crippen LogP) is 4.10. The number of rotatable bonds is 10. The number of unbranched alkanes of at least 4 members (excludes halogenated alkanes) is 1. The zero-order valence-electron chi connectivity index (χ0n) is 21.1. The van der Waals surface area contributed by atoms with Gasteiger partial charge in [0.25, 0.3) is 0 Å². The highest BCUT2D eigenvalue weighted by Crippen LogP contribution is 2.25. The Hall–Kier alpha value is -2.62. The molecule has 3 rings (SSSR count). The molecule has 0 aliphatic carbocycles. The topological polar surface area (TPSA) is 82.2 Å². The van der Waals surface area contributed by atoms with Crippen LogP contribution in [-0.4, -0.2) is 78.9 Å². The summed E-state index contributed by atoms with van der Waals surface area (Å²) in [5.74, 6) is -0.295. The van der Waals surface area contributed by atoms with Gasteiger partial charge in [0.15, 0.2) is 5.75 Å². The number of hydrogen-bond acceptors (Lipinski definition) is 6. The summed E-state index contributed by atoms with van der Waals surface area (Å²) >= 11 is 7.68. The number of para-hydroxylation sites is 1. The third kappa shape index (κ3) is 7.94. The fourth-order valence-corrected chi connectivity index (χ4v) is 4.93. The highest BCUT2D eigenvalue weighted by molar-refractivity contribution is 7.09. The summed E-state index contributed by atoms with van der Waals surface area (Å²) in [5.41, 5.74) is 0. The number of piperazine rings is 1. The zero-order chi connectivity index (χ0) is 26.1. The number of hydrogen-bond donors (Lipinski definition) is 1. The molecule has 0 spiro atoms. The molecule has 1 saturated heterocycles. The van der Waals surface area contributed by atoms with Crippen LogP contribution in [-0.2, 0) is 16.1 Å². The summed E-state index contributed by atoms with van der Waals surface area (Å²) in [6.07, 6.45) is 2.11. The highest BCUT2D eigenvalue weighted by atomic mass is 35.5. The van der Waals surface area contributed by atoms with Gasteiger partial charge in [0.1, 0.15) is 6.04 Å². The summed E-state index contributed by atoms with van der Waals surface area (Å²) in [6.45, 7) is 3.85. The Kier molecular flexibility index (Phi) is 10.6. The van der Waals surface area contributed by atoms with Crippen molar-refractivity contribution >= 4 is 40.8 Å². The highest BCUT2D eigenvalue weighted by Gasteiger charge is 2.38. The van der Waals surface area contributed by atoms with Crippen molar-refractivity contribution in [3.05, 3.63) is 51.7 Å². The van der Waals surface area contributed by atoms with Crippen molar-refractivity contribution in [3.63, 3.8) is 0 Å². The minimum Gasteiger partial charge on any atom is -0.409 e. The molecule has 36 heavy (non-hydrogen) atoms. The maximum absolute atomic E-state index is 13.4. The molecule has 0 bridgehead atoms. The van der Waals surface area contributed by atoms with Crippen LogP contribution >= 0.6 is 22.9 Å². The Morgan fingerprint density at radius 2 is 1.94 bits per heavy atom. The van der Waals surface area contributed by atoms with E-state index in [1.165, 1.54) is 4.90 Å². The maximum atomic E-state index is 13.4. The molecule has 2 aromatic rings. The molecule has 1 aromatic heterocycles. The Balaban J connectivity index is 1.67. The van der Waals surface area contributed by atoms with Crippen molar-refractivity contribution < 1.29 is 19.1 Å². The molecule has 1 N–H and O–H groups in total. The van der Waals surface area contributed by atoms with Gasteiger partial charge in [-0.1, -0.05) is 43.1 Å². The van der Waals surface area contributed by atoms with Gasteiger partial charge in [-0.25, -0.2) is 4.79 Å². The largest absolute Gasteiger partial charge is 0.415 e. The second kappa shape index (κ2) is 13.6. The number of thiophene rings is 1. The fraction of sp³-hybridized carbons (Fsp3) is 0.500. The summed E-state index contributed by atoms with van der Waals surface area (Å²) in [4.78, 5) is 45.7. The molecule has 196 valence electrons. The summed E-state index contributed by atoms with van der Waals surface area (Å²) in [6, 6.07) is 9.80. The second-order valence-corrected chi connectivity index (χ2v) is 10.7. The van der Waals surface area contributed by atoms with Gasteiger partial charge in [0.05, 0.1) is 18.1 Å². The minimum atomic E-state index is -0.797. The van der Waals surface area contributed by atoms with Gasteiger partial charge in [-0.2, -0.15) is 0 Å². The lowest BCUT2D eigenvalue weighted by Crippen LogP contribution is -2.62. The normalized spacial score (nSPS) is 16.6. The average Bonchev–Trinajstić information content (AvgIpc) is 3.39. The Bertz CT molecular complexity index is 1020. The van der Waals surface area contributed by atoms with E-state index in [1.54, 1.807) is 40.5 Å². The Morgan fingerprint density at radius 3 is 2.64 bits per heavy atom. The van der Waals surface area contributed by atoms with Crippen molar-refractivity contribution in [2.24, 2.45) is 5.92 Å². The Morgan fingerprint density at radius 1 is 1.17 bits per heavy atom. The van der Waals surface area contributed by atoms with Gasteiger partial charge >= 0.3 is 6.09 Å². The number of carbonyl (C=O) groups excluding carboxylic acids is 3. The number of amides is 3. The quantitative estimate of drug-likeness (QED) is 0.464. The van der Waals surface area contributed by atoms with Crippen molar-refractivity contribution in [1.82, 2.24) is 20.0 Å². The van der Waals surface area contributed by atoms with Crippen LogP contribution in [0, 0.1) is 5.92 Å². The molecule has 2 heterocycles. The molecule has 1 fully saturated rings. The van der Waals surface area contributed by atoms with E-state index in [0.717, 1.165) is 30.7 Å². The first-order valence-corrected chi connectivity index (χ1v) is 13.5. The van der Waals surface area contributed by atoms with Crippen molar-refractivity contribution in [3.8, 4) is 5.75 Å². The van der Waals surface area contributed by atoms with Gasteiger partial charge in [-0.15, -0.1) is 11.3 Å². The lowest BCUT2D eigenvalue weighted by atomic mass is 10.00. The molecular weight excluding hydrogens is 500 g/mol. The van der Waals surface area contributed by atoms with E-state index in [2.05, 4.69) is 10.2 Å². The molecular formula is C26H35ClN4O4S. The van der Waals surface area contributed by atoms with E-state index in [0.29, 0.717) is 11.6 Å². The van der Waals surface area contributed by atoms with E-state index in [1.807, 2.05) is 38.5 Å². The minimum absolute atomic E-state index is 0.0542. The van der Waals surface area contributed by atoms with Gasteiger partial charge in [0, 0.05) is 23.9 Å². The fourth-order valence-electron chi connectivity index (χ4n) is 4.11. The third-order valence-corrected chi connectivity index (χ3v) is 7.38. The van der Waals surface area contributed by atoms with E-state index < -0.39 is 12.1 Å². The molecule has 1 aromatic carbocycles. The first-order valence-electron chi connectivity index (χ1n) is 12.2. The summed E-state index contributed by atoms with van der Waals surface area (Å²) < 4.78 is 5.48. The van der Waals surface area contributed by atoms with E-state index in [9.17, 15) is 14.4 Å². The summed E-state index contributed by atoms with van der Waals surface area (Å²) in [7, 11) is 4.06. The number of halogens is 1. The molecule has 3 amide bonds. The molecule has 0 saturated carbocycles. The maximum Gasteiger partial charge on any atom is 0.415 e. The van der Waals surface area contributed by atoms with Gasteiger partial charge in [-0.3, -0.25) is 9.59 Å². The lowest BCUT2D eigenvalue weighted by Gasteiger charge is -2.41. The number of ether oxygens (including phenoxy) is 1. The van der Waals surface area contributed by atoms with Gasteiger partial charge in [-0.05, 0) is 57.1 Å². The van der Waals surface area contributed by atoms with Crippen molar-refractivity contribution in [2.75, 3.05) is 40.3 Å². The van der Waals surface area contributed by atoms with E-state index in [4.69, 9.17) is 16.3 Å². The SMILES string of the molecule is C[C@H](CCCCN(C)C)C(=O)N1CCN(C(=O)Oc2ccccc2Cl)C[C@H]1C(=O)NCc1cccs1. The van der Waals surface area contributed by atoms with Crippen LogP contribution in [0.5, 0.6) is 5.75 Å². The molecule has 10 heteroatoms. The molecule has 1 aliphatic rings. The third-order valence-electron chi connectivity index (χ3n) is 6.19. The van der Waals surface area contributed by atoms with Crippen LogP contribution < -0.4 is 10.1 Å². The molecule has 0 unspecified atom stereocenters. The van der Waals surface area contributed by atoms with E-state index >= 15 is 0 Å². The first kappa shape index (κ1) is 28.0. The Labute approximate surface area is 222 Å². The van der Waals surface area contributed by atoms with Crippen molar-refractivity contribution in [1.29, 1.82) is 0 Å². The zero-order valence-corrected chi connectivity index (χ0v) is 22.7. The number of carbonyl (C=O) groups is 3. The van der Waals surface area contributed by atoms with Crippen LogP contribution in [0.15, 0.2) is 41.8 Å². The smallest absolute Gasteiger partial charge is 0.409 e. The predicted molar refractivity (Wildman–Crippen MR) is 142 cm³/mol. The van der Waals surface area contributed by atoms with Gasteiger partial charge < -0.3 is 24.8 Å². The van der Waals surface area contributed by atoms with Crippen molar-refractivity contribution in [2.45, 2.75) is 38.8 Å².